The van der Waals surface area contributed by atoms with Crippen LogP contribution in [0.25, 0.3) is 0 Å². The summed E-state index contributed by atoms with van der Waals surface area (Å²) in [4.78, 5) is 42.4. The van der Waals surface area contributed by atoms with E-state index in [0.29, 0.717) is 56.1 Å². The fourth-order valence-electron chi connectivity index (χ4n) is 10.6. The highest BCUT2D eigenvalue weighted by atomic mass is 33.1. The fourth-order valence-corrected chi connectivity index (χ4v) is 13.1. The molecular weight excluding hydrogens is 663 g/mol. The van der Waals surface area contributed by atoms with Gasteiger partial charge in [-0.05, 0) is 75.5 Å². The van der Waals surface area contributed by atoms with Crippen LogP contribution < -0.4 is 11.1 Å². The first kappa shape index (κ1) is 35.8. The molecule has 10 nitrogen and oxygen atoms in total. The Bertz CT molecular complexity index is 1360. The van der Waals surface area contributed by atoms with Crippen LogP contribution in [0.2, 0.25) is 0 Å². The lowest BCUT2D eigenvalue weighted by atomic mass is 9.56. The molecule has 1 spiro atoms. The molecule has 6 fully saturated rings. The van der Waals surface area contributed by atoms with Crippen molar-refractivity contribution < 1.29 is 33.7 Å². The van der Waals surface area contributed by atoms with Crippen molar-refractivity contribution in [3.8, 4) is 0 Å². The fraction of sp³-hybridized carbons (Fsp3) is 0.811. The van der Waals surface area contributed by atoms with Crippen molar-refractivity contribution >= 4 is 39.4 Å². The van der Waals surface area contributed by atoms with E-state index in [1.54, 1.807) is 13.0 Å². The number of hydrogen-bond donors (Lipinski definition) is 3. The second kappa shape index (κ2) is 14.5. The second-order valence-electron chi connectivity index (χ2n) is 15.9. The van der Waals surface area contributed by atoms with Crippen LogP contribution in [0.1, 0.15) is 85.0 Å². The molecule has 0 radical (unpaired) electrons. The van der Waals surface area contributed by atoms with Gasteiger partial charge in [-0.3, -0.25) is 9.59 Å². The van der Waals surface area contributed by atoms with Gasteiger partial charge >= 0.3 is 11.9 Å². The molecule has 272 valence electrons. The molecule has 4 N–H and O–H groups in total. The summed E-state index contributed by atoms with van der Waals surface area (Å²) in [6, 6.07) is 0.288. The summed E-state index contributed by atoms with van der Waals surface area (Å²) in [6.07, 6.45) is 10.1. The predicted octanol–water partition coefficient (Wildman–Crippen LogP) is 4.36. The molecule has 5 heterocycles. The molecule has 5 saturated heterocycles. The SMILES string of the molecule is CC=C(CCO)C(=O)OC1(C)CC=C2CSSCC3C(CC)CN3C(=O)CC3CNC(N)CC3C2C12CC1CC3CCC(=O)OC3CC1O2. The average molecular weight is 718 g/mol. The second-order valence-corrected chi connectivity index (χ2v) is 18.4. The van der Waals surface area contributed by atoms with E-state index >= 15 is 0 Å². The summed E-state index contributed by atoms with van der Waals surface area (Å²) in [5, 5.41) is 13.2. The maximum atomic E-state index is 14.0. The van der Waals surface area contributed by atoms with Crippen LogP contribution >= 0.6 is 21.6 Å². The number of carbonyl (C=O) groups excluding carboxylic acids is 3. The molecule has 7 rings (SSSR count). The van der Waals surface area contributed by atoms with Crippen LogP contribution in [0.15, 0.2) is 23.3 Å². The van der Waals surface area contributed by atoms with Gasteiger partial charge in [0.15, 0.2) is 0 Å². The number of nitrogens with two attached hydrogens (primary N) is 1. The maximum absolute atomic E-state index is 14.0. The molecule has 49 heavy (non-hydrogen) atoms. The quantitative estimate of drug-likeness (QED) is 0.162. The van der Waals surface area contributed by atoms with E-state index in [1.165, 1.54) is 5.57 Å². The lowest BCUT2D eigenvalue weighted by Gasteiger charge is -2.57. The van der Waals surface area contributed by atoms with E-state index in [1.807, 2.05) is 28.5 Å². The van der Waals surface area contributed by atoms with Gasteiger partial charge in [-0.15, -0.1) is 0 Å². The van der Waals surface area contributed by atoms with Crippen LogP contribution in [-0.2, 0) is 28.6 Å². The summed E-state index contributed by atoms with van der Waals surface area (Å²) >= 11 is 0. The number of nitrogens with one attached hydrogen (secondary N) is 1. The van der Waals surface area contributed by atoms with Crippen LogP contribution in [-0.4, -0.2) is 94.7 Å². The van der Waals surface area contributed by atoms with Crippen LogP contribution in [0.4, 0.5) is 0 Å². The van der Waals surface area contributed by atoms with Crippen molar-refractivity contribution in [3.63, 3.8) is 0 Å². The molecule has 7 aliphatic rings. The Hall–Kier alpha value is -1.57. The maximum Gasteiger partial charge on any atom is 0.334 e. The molecule has 12 heteroatoms. The molecule has 12 unspecified atom stereocenters. The Morgan fingerprint density at radius 1 is 1.20 bits per heavy atom. The number of nitrogens with zero attached hydrogens (tertiary/aromatic N) is 1. The lowest BCUT2D eigenvalue weighted by molar-refractivity contribution is -0.229. The summed E-state index contributed by atoms with van der Waals surface area (Å²) in [7, 11) is 3.73. The average Bonchev–Trinajstić information content (AvgIpc) is 3.43. The Balaban J connectivity index is 1.29. The monoisotopic (exact) mass is 717 g/mol. The number of rotatable bonds is 5. The Morgan fingerprint density at radius 3 is 2.82 bits per heavy atom. The highest BCUT2D eigenvalue weighted by Crippen LogP contribution is 2.62. The van der Waals surface area contributed by atoms with E-state index in [0.717, 1.165) is 43.7 Å². The summed E-state index contributed by atoms with van der Waals surface area (Å²) < 4.78 is 20.1. The number of amides is 1. The minimum Gasteiger partial charge on any atom is -0.462 e. The van der Waals surface area contributed by atoms with Gasteiger partial charge in [0, 0.05) is 80.8 Å². The zero-order valence-electron chi connectivity index (χ0n) is 29.3. The number of carbonyl (C=O) groups is 3. The number of fused-ring (bicyclic) bond motifs is 7. The Morgan fingerprint density at radius 2 is 2.04 bits per heavy atom. The van der Waals surface area contributed by atoms with Crippen LogP contribution in [0.3, 0.4) is 0 Å². The first-order valence-electron chi connectivity index (χ1n) is 18.7. The highest BCUT2D eigenvalue weighted by molar-refractivity contribution is 8.76. The van der Waals surface area contributed by atoms with Crippen molar-refractivity contribution in [2.75, 3.05) is 31.2 Å². The predicted molar refractivity (Wildman–Crippen MR) is 190 cm³/mol. The Labute approximate surface area is 298 Å². The number of aliphatic hydroxyl groups is 1. The number of aliphatic hydroxyl groups excluding tert-OH is 1. The van der Waals surface area contributed by atoms with Gasteiger partial charge in [-0.25, -0.2) is 4.79 Å². The van der Waals surface area contributed by atoms with Crippen molar-refractivity contribution in [1.82, 2.24) is 10.2 Å². The minimum absolute atomic E-state index is 0.0374. The number of piperidine rings is 1. The van der Waals surface area contributed by atoms with Gasteiger partial charge < -0.3 is 35.3 Å². The molecular formula is C37H55N3O7S2. The third-order valence-electron chi connectivity index (χ3n) is 13.3. The van der Waals surface area contributed by atoms with E-state index < -0.39 is 17.2 Å². The van der Waals surface area contributed by atoms with E-state index in [9.17, 15) is 19.5 Å². The van der Waals surface area contributed by atoms with Gasteiger partial charge in [0.25, 0.3) is 0 Å². The third kappa shape index (κ3) is 6.53. The normalized spacial score (nSPS) is 44.1. The van der Waals surface area contributed by atoms with E-state index in [4.69, 9.17) is 19.9 Å². The minimum atomic E-state index is -1.00. The van der Waals surface area contributed by atoms with Crippen LogP contribution in [0, 0.1) is 35.5 Å². The van der Waals surface area contributed by atoms with Crippen molar-refractivity contribution in [1.29, 1.82) is 0 Å². The first-order chi connectivity index (χ1) is 23.6. The number of allylic oxidation sites excluding steroid dienone is 1. The van der Waals surface area contributed by atoms with Gasteiger partial charge in [0.05, 0.1) is 12.3 Å². The topological polar surface area (TPSA) is 140 Å². The summed E-state index contributed by atoms with van der Waals surface area (Å²) in [6.45, 7) is 7.42. The first-order valence-corrected chi connectivity index (χ1v) is 21.2. The zero-order valence-corrected chi connectivity index (χ0v) is 30.9. The van der Waals surface area contributed by atoms with Gasteiger partial charge in [0.2, 0.25) is 5.91 Å². The van der Waals surface area contributed by atoms with Crippen molar-refractivity contribution in [2.24, 2.45) is 41.2 Å². The molecule has 0 aromatic carbocycles. The number of esters is 2. The lowest BCUT2D eigenvalue weighted by Crippen LogP contribution is -2.66. The zero-order chi connectivity index (χ0) is 34.5. The number of hydrogen-bond acceptors (Lipinski definition) is 11. The molecule has 1 amide bonds. The molecule has 2 aliphatic carbocycles. The van der Waals surface area contributed by atoms with Crippen molar-refractivity contribution in [3.05, 3.63) is 23.3 Å². The van der Waals surface area contributed by atoms with Gasteiger partial charge in [-0.1, -0.05) is 46.2 Å². The summed E-state index contributed by atoms with van der Waals surface area (Å²) in [5.74, 6) is 2.50. The molecule has 0 aromatic heterocycles. The van der Waals surface area contributed by atoms with Gasteiger partial charge in [0.1, 0.15) is 17.3 Å². The summed E-state index contributed by atoms with van der Waals surface area (Å²) in [5.41, 5.74) is 6.61. The Kier molecular flexibility index (Phi) is 10.6. The standard InChI is InChI=1S/C37H55N3O7S2/c1-4-21(9-11-41)35(44)47-36(3)10-8-24-19-48-49-20-28-22(5-2)18-40(28)32(42)13-26-17-39-31(38)14-27(26)34(24)37(36)16-25-12-23-6-7-33(43)45-29(23)15-30(25)46-37/h4,8,22-23,25-31,34,39,41H,5-7,9-20,38H2,1-3H3. The number of ether oxygens (including phenoxy) is 3. The highest BCUT2D eigenvalue weighted by Gasteiger charge is 2.68. The molecule has 12 atom stereocenters. The molecule has 0 bridgehead atoms. The van der Waals surface area contributed by atoms with Crippen molar-refractivity contribution in [2.45, 2.75) is 121 Å². The molecule has 5 aliphatic heterocycles. The largest absolute Gasteiger partial charge is 0.462 e. The molecule has 0 aromatic rings. The molecule has 1 saturated carbocycles. The van der Waals surface area contributed by atoms with Gasteiger partial charge in [-0.2, -0.15) is 0 Å². The third-order valence-corrected chi connectivity index (χ3v) is 15.7. The van der Waals surface area contributed by atoms with E-state index in [2.05, 4.69) is 23.2 Å². The van der Waals surface area contributed by atoms with Crippen LogP contribution in [0.5, 0.6) is 0 Å². The van der Waals surface area contributed by atoms with E-state index in [-0.39, 0.29) is 73.0 Å². The smallest absolute Gasteiger partial charge is 0.334 e.